The fraction of sp³-hybridized carbons (Fsp3) is 0.273. The summed E-state index contributed by atoms with van der Waals surface area (Å²) in [4.78, 5) is 0. The van der Waals surface area contributed by atoms with Gasteiger partial charge in [-0.2, -0.15) is 0 Å². The second kappa shape index (κ2) is 5.77. The van der Waals surface area contributed by atoms with Crippen molar-refractivity contribution in [3.05, 3.63) is 41.3 Å². The third-order valence-electron chi connectivity index (χ3n) is 2.21. The maximum Gasteiger partial charge on any atom is 0.315 e. The molecule has 1 N–H and O–H groups in total. The van der Waals surface area contributed by atoms with Gasteiger partial charge in [0.2, 0.25) is 5.89 Å². The summed E-state index contributed by atoms with van der Waals surface area (Å²) in [6.07, 6.45) is 0.463. The number of hydrogen-bond donors (Lipinski definition) is 1. The van der Waals surface area contributed by atoms with Crippen molar-refractivity contribution in [3.63, 3.8) is 0 Å². The number of rotatable bonds is 5. The summed E-state index contributed by atoms with van der Waals surface area (Å²) >= 11 is 5.52. The lowest BCUT2D eigenvalue weighted by Crippen LogP contribution is -2.02. The van der Waals surface area contributed by atoms with Crippen molar-refractivity contribution in [2.45, 2.75) is 13.0 Å². The summed E-state index contributed by atoms with van der Waals surface area (Å²) < 4.78 is 31.4. The van der Waals surface area contributed by atoms with Crippen LogP contribution in [0.25, 0.3) is 0 Å². The number of alkyl halides is 1. The van der Waals surface area contributed by atoms with Crippen LogP contribution in [0.1, 0.15) is 11.5 Å². The molecule has 0 aliphatic carbocycles. The minimum atomic E-state index is -0.499. The Hall–Kier alpha value is -1.69. The molecule has 0 bridgehead atoms. The molecule has 0 unspecified atom stereocenters. The average molecular weight is 274 g/mol. The highest BCUT2D eigenvalue weighted by Gasteiger charge is 2.07. The molecule has 1 heterocycles. The predicted molar refractivity (Wildman–Crippen MR) is 62.4 cm³/mol. The summed E-state index contributed by atoms with van der Waals surface area (Å²) in [6, 6.07) is 3.39. The van der Waals surface area contributed by atoms with E-state index in [9.17, 15) is 8.78 Å². The van der Waals surface area contributed by atoms with Crippen molar-refractivity contribution in [1.29, 1.82) is 0 Å². The van der Waals surface area contributed by atoms with E-state index in [4.69, 9.17) is 16.0 Å². The van der Waals surface area contributed by atoms with Crippen molar-refractivity contribution in [2.24, 2.45) is 0 Å². The lowest BCUT2D eigenvalue weighted by molar-refractivity contribution is 0.511. The van der Waals surface area contributed by atoms with Crippen molar-refractivity contribution >= 4 is 17.6 Å². The molecule has 0 spiro atoms. The highest BCUT2D eigenvalue weighted by atomic mass is 35.5. The Morgan fingerprint density at radius 1 is 1.28 bits per heavy atom. The Morgan fingerprint density at radius 3 is 2.89 bits per heavy atom. The molecule has 0 saturated carbocycles. The van der Waals surface area contributed by atoms with Gasteiger partial charge in [-0.05, 0) is 18.2 Å². The predicted octanol–water partition coefficient (Wildman–Crippen LogP) is 2.74. The first-order valence-electron chi connectivity index (χ1n) is 5.25. The van der Waals surface area contributed by atoms with Crippen LogP contribution in [-0.2, 0) is 13.0 Å². The van der Waals surface area contributed by atoms with E-state index in [1.54, 1.807) is 0 Å². The fourth-order valence-electron chi connectivity index (χ4n) is 1.36. The molecule has 0 amide bonds. The maximum atomic E-state index is 13.3. The molecular weight excluding hydrogens is 264 g/mol. The zero-order valence-electron chi connectivity index (χ0n) is 9.29. The zero-order valence-corrected chi connectivity index (χ0v) is 10.0. The number of aromatic nitrogens is 2. The van der Waals surface area contributed by atoms with Gasteiger partial charge in [-0.25, -0.2) is 8.78 Å². The third-order valence-corrected chi connectivity index (χ3v) is 2.40. The highest BCUT2D eigenvalue weighted by Crippen LogP contribution is 2.13. The fourth-order valence-corrected chi connectivity index (χ4v) is 1.52. The molecule has 2 aromatic rings. The molecule has 1 aromatic carbocycles. The van der Waals surface area contributed by atoms with E-state index in [1.807, 2.05) is 0 Å². The quantitative estimate of drug-likeness (QED) is 0.851. The minimum Gasteiger partial charge on any atom is -0.408 e. The topological polar surface area (TPSA) is 51.0 Å². The van der Waals surface area contributed by atoms with E-state index in [-0.39, 0.29) is 18.1 Å². The monoisotopic (exact) mass is 273 g/mol. The molecule has 4 nitrogen and oxygen atoms in total. The van der Waals surface area contributed by atoms with Gasteiger partial charge in [0.1, 0.15) is 11.6 Å². The number of benzene rings is 1. The van der Waals surface area contributed by atoms with Gasteiger partial charge in [-0.15, -0.1) is 16.7 Å². The molecule has 0 fully saturated rings. The molecule has 18 heavy (non-hydrogen) atoms. The van der Waals surface area contributed by atoms with E-state index < -0.39 is 11.6 Å². The lowest BCUT2D eigenvalue weighted by Gasteiger charge is -2.03. The summed E-state index contributed by atoms with van der Waals surface area (Å²) in [5, 5.41) is 10.1. The van der Waals surface area contributed by atoms with Gasteiger partial charge in [-0.1, -0.05) is 5.10 Å². The Morgan fingerprint density at radius 2 is 2.11 bits per heavy atom. The first-order chi connectivity index (χ1) is 8.69. The maximum absolute atomic E-state index is 13.3. The Bertz CT molecular complexity index is 533. The van der Waals surface area contributed by atoms with Crippen LogP contribution < -0.4 is 5.32 Å². The van der Waals surface area contributed by atoms with Gasteiger partial charge < -0.3 is 9.73 Å². The van der Waals surface area contributed by atoms with Gasteiger partial charge >= 0.3 is 6.01 Å². The van der Waals surface area contributed by atoms with Crippen LogP contribution in [0.3, 0.4) is 0 Å². The zero-order chi connectivity index (χ0) is 13.0. The molecule has 0 aliphatic heterocycles. The molecule has 2 rings (SSSR count). The first-order valence-corrected chi connectivity index (χ1v) is 5.78. The molecule has 0 atom stereocenters. The number of nitrogens with one attached hydrogen (secondary N) is 1. The van der Waals surface area contributed by atoms with Crippen molar-refractivity contribution in [2.75, 3.05) is 11.2 Å². The number of halogens is 3. The molecule has 7 heteroatoms. The Labute approximate surface area is 107 Å². The summed E-state index contributed by atoms with van der Waals surface area (Å²) in [6.45, 7) is 0.0616. The van der Waals surface area contributed by atoms with Crippen LogP contribution in [0, 0.1) is 11.6 Å². The average Bonchev–Trinajstić information content (AvgIpc) is 2.79. The van der Waals surface area contributed by atoms with E-state index in [2.05, 4.69) is 15.5 Å². The van der Waals surface area contributed by atoms with E-state index in [1.165, 1.54) is 0 Å². The van der Waals surface area contributed by atoms with Crippen molar-refractivity contribution in [3.8, 4) is 0 Å². The van der Waals surface area contributed by atoms with Crippen LogP contribution in [-0.4, -0.2) is 16.1 Å². The number of aryl methyl sites for hydroxylation is 1. The summed E-state index contributed by atoms with van der Waals surface area (Å²) in [5.74, 6) is -0.224. The van der Waals surface area contributed by atoms with E-state index in [0.717, 1.165) is 18.2 Å². The standard InChI is InChI=1S/C11H10ClF2N3O/c12-4-3-10-16-17-11(18-10)15-6-7-5-8(13)1-2-9(7)14/h1-2,5H,3-4,6H2,(H,15,17). The lowest BCUT2D eigenvalue weighted by atomic mass is 10.2. The van der Waals surface area contributed by atoms with Gasteiger partial charge in [0, 0.05) is 24.4 Å². The largest absolute Gasteiger partial charge is 0.408 e. The number of anilines is 1. The number of nitrogens with zero attached hydrogens (tertiary/aromatic N) is 2. The van der Waals surface area contributed by atoms with Gasteiger partial charge in [0.15, 0.2) is 0 Å². The smallest absolute Gasteiger partial charge is 0.315 e. The van der Waals surface area contributed by atoms with Crippen LogP contribution in [0.2, 0.25) is 0 Å². The van der Waals surface area contributed by atoms with E-state index >= 15 is 0 Å². The second-order valence-electron chi connectivity index (χ2n) is 3.53. The third kappa shape index (κ3) is 3.16. The SMILES string of the molecule is Fc1ccc(F)c(CNc2nnc(CCCl)o2)c1. The normalized spacial score (nSPS) is 10.6. The molecule has 0 radical (unpaired) electrons. The Balaban J connectivity index is 1.99. The summed E-state index contributed by atoms with van der Waals surface area (Å²) in [5.41, 5.74) is 0.187. The van der Waals surface area contributed by atoms with Gasteiger partial charge in [0.25, 0.3) is 0 Å². The van der Waals surface area contributed by atoms with Crippen LogP contribution in [0.5, 0.6) is 0 Å². The summed E-state index contributed by atoms with van der Waals surface area (Å²) in [7, 11) is 0. The molecular formula is C11H10ClF2N3O. The first kappa shape index (κ1) is 12.8. The van der Waals surface area contributed by atoms with Crippen LogP contribution >= 0.6 is 11.6 Å². The van der Waals surface area contributed by atoms with Gasteiger partial charge in [-0.3, -0.25) is 0 Å². The molecule has 1 aromatic heterocycles. The molecule has 96 valence electrons. The molecule has 0 saturated heterocycles. The Kier molecular flexibility index (Phi) is 4.09. The highest BCUT2D eigenvalue weighted by molar-refractivity contribution is 6.17. The van der Waals surface area contributed by atoms with Gasteiger partial charge in [0.05, 0.1) is 0 Å². The molecule has 0 aliphatic rings. The van der Waals surface area contributed by atoms with Crippen molar-refractivity contribution in [1.82, 2.24) is 10.2 Å². The van der Waals surface area contributed by atoms with Crippen LogP contribution in [0.15, 0.2) is 22.6 Å². The van der Waals surface area contributed by atoms with Crippen LogP contribution in [0.4, 0.5) is 14.8 Å². The minimum absolute atomic E-state index is 0.0616. The van der Waals surface area contributed by atoms with E-state index in [0.29, 0.717) is 18.2 Å². The van der Waals surface area contributed by atoms with Crippen molar-refractivity contribution < 1.29 is 13.2 Å². The second-order valence-corrected chi connectivity index (χ2v) is 3.91. The number of hydrogen-bond acceptors (Lipinski definition) is 4.